The summed E-state index contributed by atoms with van der Waals surface area (Å²) in [6.45, 7) is 1.10. The lowest BCUT2D eigenvalue weighted by Gasteiger charge is -2.07. The number of nitrogens with one attached hydrogen (secondary N) is 2. The molecule has 3 rings (SSSR count). The Morgan fingerprint density at radius 2 is 1.89 bits per heavy atom. The van der Waals surface area contributed by atoms with Crippen molar-refractivity contribution in [1.29, 1.82) is 0 Å². The Labute approximate surface area is 160 Å². The van der Waals surface area contributed by atoms with Gasteiger partial charge in [-0.1, -0.05) is 12.1 Å². The molecule has 0 radical (unpaired) electrons. The number of nitrogens with two attached hydrogens (primary N) is 1. The molecule has 0 aliphatic carbocycles. The Morgan fingerprint density at radius 1 is 1.18 bits per heavy atom. The monoisotopic (exact) mass is 400 g/mol. The van der Waals surface area contributed by atoms with Crippen molar-refractivity contribution in [3.63, 3.8) is 0 Å². The van der Waals surface area contributed by atoms with Crippen molar-refractivity contribution in [3.8, 4) is 11.4 Å². The second kappa shape index (κ2) is 7.56. The molecule has 2 heterocycles. The van der Waals surface area contributed by atoms with Gasteiger partial charge >= 0.3 is 0 Å². The first-order valence-electron chi connectivity index (χ1n) is 8.04. The number of amides is 1. The van der Waals surface area contributed by atoms with Crippen LogP contribution in [0.25, 0.3) is 11.4 Å². The lowest BCUT2D eigenvalue weighted by Crippen LogP contribution is -2.28. The molecule has 0 unspecified atom stereocenters. The highest BCUT2D eigenvalue weighted by atomic mass is 32.2. The van der Waals surface area contributed by atoms with Crippen LogP contribution < -0.4 is 10.5 Å². The fourth-order valence-corrected chi connectivity index (χ4v) is 3.43. The number of hydrogen-bond acceptors (Lipinski definition) is 8. The van der Waals surface area contributed by atoms with E-state index in [1.54, 1.807) is 12.3 Å². The number of nitrogens with zero attached hydrogens (tertiary/aromatic N) is 3. The summed E-state index contributed by atoms with van der Waals surface area (Å²) >= 11 is 0. The van der Waals surface area contributed by atoms with E-state index in [9.17, 15) is 18.0 Å². The third-order valence-electron chi connectivity index (χ3n) is 3.72. The van der Waals surface area contributed by atoms with Gasteiger partial charge < -0.3 is 5.73 Å². The number of hydrogen-bond donors (Lipinski definition) is 3. The van der Waals surface area contributed by atoms with Gasteiger partial charge in [0, 0.05) is 19.5 Å². The first-order valence-corrected chi connectivity index (χ1v) is 9.52. The molecule has 2 aromatic heterocycles. The molecule has 0 saturated carbocycles. The average molecular weight is 400 g/mol. The number of H-pyrrole nitrogens is 1. The zero-order valence-corrected chi connectivity index (χ0v) is 15.5. The van der Waals surface area contributed by atoms with Gasteiger partial charge in [-0.3, -0.25) is 14.7 Å². The minimum atomic E-state index is -3.93. The number of ketones is 1. The van der Waals surface area contributed by atoms with Gasteiger partial charge in [-0.25, -0.2) is 23.1 Å². The number of carbonyl (C=O) groups excluding carboxylic acids is 2. The summed E-state index contributed by atoms with van der Waals surface area (Å²) < 4.78 is 25.8. The van der Waals surface area contributed by atoms with Crippen LogP contribution in [0.15, 0.2) is 47.6 Å². The van der Waals surface area contributed by atoms with Crippen LogP contribution in [-0.2, 0) is 21.2 Å². The van der Waals surface area contributed by atoms with E-state index in [1.165, 1.54) is 30.5 Å². The van der Waals surface area contributed by atoms with Gasteiger partial charge in [-0.15, -0.1) is 0 Å². The van der Waals surface area contributed by atoms with E-state index in [4.69, 9.17) is 5.73 Å². The van der Waals surface area contributed by atoms with Gasteiger partial charge in [0.1, 0.15) is 11.4 Å². The number of nitrogen functional groups attached to an aromatic ring is 1. The summed E-state index contributed by atoms with van der Waals surface area (Å²) in [6, 6.07) is 7.26. The number of Topliss-reactive ketones (excluding diaryl/α,β-unsaturated/α-hetero) is 1. The molecular formula is C17H16N6O4S. The Bertz CT molecular complexity index is 1120. The van der Waals surface area contributed by atoms with E-state index in [-0.39, 0.29) is 28.6 Å². The summed E-state index contributed by atoms with van der Waals surface area (Å²) in [4.78, 5) is 31.7. The van der Waals surface area contributed by atoms with E-state index < -0.39 is 15.9 Å². The lowest BCUT2D eigenvalue weighted by atomic mass is 10.1. The quantitative estimate of drug-likeness (QED) is 0.509. The van der Waals surface area contributed by atoms with Crippen molar-refractivity contribution in [2.45, 2.75) is 18.2 Å². The number of carbonyl (C=O) groups is 2. The molecule has 144 valence electrons. The Kier molecular flexibility index (Phi) is 5.18. The zero-order valence-electron chi connectivity index (χ0n) is 14.7. The molecule has 0 aliphatic heterocycles. The van der Waals surface area contributed by atoms with Crippen LogP contribution in [0.3, 0.4) is 0 Å². The fraction of sp³-hybridized carbons (Fsp3) is 0.118. The van der Waals surface area contributed by atoms with Crippen LogP contribution in [0, 0.1) is 0 Å². The maximum Gasteiger partial charge on any atom is 0.264 e. The smallest absolute Gasteiger partial charge is 0.264 e. The van der Waals surface area contributed by atoms with Crippen molar-refractivity contribution in [1.82, 2.24) is 24.9 Å². The van der Waals surface area contributed by atoms with E-state index in [0.717, 1.165) is 6.92 Å². The molecule has 10 nitrogen and oxygen atoms in total. The van der Waals surface area contributed by atoms with Crippen LogP contribution in [0.1, 0.15) is 23.0 Å². The Morgan fingerprint density at radius 3 is 2.50 bits per heavy atom. The third-order valence-corrected chi connectivity index (χ3v) is 5.17. The molecule has 4 N–H and O–H groups in total. The van der Waals surface area contributed by atoms with Crippen LogP contribution in [-0.4, -0.2) is 40.3 Å². The SMILES string of the molecule is CC(=O)NS(=O)(=O)c1ccc(CC(=O)c2nc(-c3ccn[nH]3)cnc2N)cc1. The summed E-state index contributed by atoms with van der Waals surface area (Å²) in [6.07, 6.45) is 2.93. The third kappa shape index (κ3) is 4.20. The van der Waals surface area contributed by atoms with Crippen LogP contribution >= 0.6 is 0 Å². The molecule has 1 amide bonds. The fourth-order valence-electron chi connectivity index (χ4n) is 2.44. The Hall–Kier alpha value is -3.60. The van der Waals surface area contributed by atoms with Crippen molar-refractivity contribution < 1.29 is 18.0 Å². The molecule has 0 aliphatic rings. The largest absolute Gasteiger partial charge is 0.382 e. The van der Waals surface area contributed by atoms with Crippen LogP contribution in [0.5, 0.6) is 0 Å². The summed E-state index contributed by atoms with van der Waals surface area (Å²) in [5.74, 6) is -1.06. The molecule has 0 fully saturated rings. The normalized spacial score (nSPS) is 11.2. The maximum absolute atomic E-state index is 12.6. The van der Waals surface area contributed by atoms with Gasteiger partial charge in [-0.05, 0) is 23.8 Å². The highest BCUT2D eigenvalue weighted by molar-refractivity contribution is 7.90. The van der Waals surface area contributed by atoms with Gasteiger partial charge in [0.2, 0.25) is 5.91 Å². The highest BCUT2D eigenvalue weighted by Gasteiger charge is 2.18. The Balaban J connectivity index is 1.80. The number of aromatic nitrogens is 4. The average Bonchev–Trinajstić information content (AvgIpc) is 3.16. The van der Waals surface area contributed by atoms with Gasteiger partial charge in [0.15, 0.2) is 11.6 Å². The number of aromatic amines is 1. The second-order valence-electron chi connectivity index (χ2n) is 5.86. The molecule has 0 saturated heterocycles. The second-order valence-corrected chi connectivity index (χ2v) is 7.55. The highest BCUT2D eigenvalue weighted by Crippen LogP contribution is 2.18. The predicted octanol–water partition coefficient (Wildman–Crippen LogP) is 0.699. The minimum absolute atomic E-state index is 0.00174. The molecule has 28 heavy (non-hydrogen) atoms. The number of benzene rings is 1. The molecule has 0 atom stereocenters. The van der Waals surface area contributed by atoms with E-state index in [2.05, 4.69) is 20.2 Å². The number of sulfonamides is 1. The van der Waals surface area contributed by atoms with Crippen molar-refractivity contribution in [3.05, 3.63) is 54.0 Å². The first-order chi connectivity index (χ1) is 13.3. The summed E-state index contributed by atoms with van der Waals surface area (Å²) in [5.41, 5.74) is 7.37. The predicted molar refractivity (Wildman–Crippen MR) is 99.5 cm³/mol. The molecule has 3 aromatic rings. The van der Waals surface area contributed by atoms with Crippen molar-refractivity contribution >= 4 is 27.5 Å². The minimum Gasteiger partial charge on any atom is -0.382 e. The van der Waals surface area contributed by atoms with E-state index >= 15 is 0 Å². The van der Waals surface area contributed by atoms with Gasteiger partial charge in [0.05, 0.1) is 16.8 Å². The number of anilines is 1. The van der Waals surface area contributed by atoms with E-state index in [1.807, 2.05) is 4.72 Å². The molecule has 0 spiro atoms. The molecule has 1 aromatic carbocycles. The standard InChI is InChI=1S/C17H16N6O4S/c1-10(24)23-28(26,27)12-4-2-11(3-5-12)8-15(25)16-17(18)19-9-14(21-16)13-6-7-20-22-13/h2-7,9H,8H2,1H3,(H2,18,19)(H,20,22)(H,23,24). The lowest BCUT2D eigenvalue weighted by molar-refractivity contribution is -0.117. The van der Waals surface area contributed by atoms with Gasteiger partial charge in [0.25, 0.3) is 10.0 Å². The summed E-state index contributed by atoms with van der Waals surface area (Å²) in [5, 5.41) is 6.56. The van der Waals surface area contributed by atoms with E-state index in [0.29, 0.717) is 17.0 Å². The molecule has 11 heteroatoms. The molecule has 0 bridgehead atoms. The number of rotatable bonds is 6. The molecular weight excluding hydrogens is 384 g/mol. The van der Waals surface area contributed by atoms with Gasteiger partial charge in [-0.2, -0.15) is 5.10 Å². The first kappa shape index (κ1) is 19.2. The summed E-state index contributed by atoms with van der Waals surface area (Å²) in [7, 11) is -3.93. The van der Waals surface area contributed by atoms with Crippen molar-refractivity contribution in [2.75, 3.05) is 5.73 Å². The van der Waals surface area contributed by atoms with Crippen LogP contribution in [0.4, 0.5) is 5.82 Å². The maximum atomic E-state index is 12.6. The zero-order chi connectivity index (χ0) is 20.3. The topological polar surface area (TPSA) is 161 Å². The van der Waals surface area contributed by atoms with Crippen molar-refractivity contribution in [2.24, 2.45) is 0 Å². The van der Waals surface area contributed by atoms with Crippen LogP contribution in [0.2, 0.25) is 0 Å².